The third-order valence-corrected chi connectivity index (χ3v) is 3.82. The highest BCUT2D eigenvalue weighted by molar-refractivity contribution is 9.10. The molecule has 1 aliphatic heterocycles. The highest BCUT2D eigenvalue weighted by atomic mass is 79.9. The first-order valence-corrected chi connectivity index (χ1v) is 6.64. The molecule has 0 radical (unpaired) electrons. The molecular formula is C15H11BrO3. The van der Waals surface area contributed by atoms with Crippen LogP contribution >= 0.6 is 15.9 Å². The molecule has 1 atom stereocenters. The van der Waals surface area contributed by atoms with Gasteiger partial charge in [-0.25, -0.2) is 0 Å². The van der Waals surface area contributed by atoms with Gasteiger partial charge in [-0.1, -0.05) is 30.3 Å². The van der Waals surface area contributed by atoms with Gasteiger partial charge in [0.1, 0.15) is 17.4 Å². The lowest BCUT2D eigenvalue weighted by Gasteiger charge is -2.12. The molecule has 3 rings (SSSR count). The maximum absolute atomic E-state index is 12.2. The predicted octanol–water partition coefficient (Wildman–Crippen LogP) is 3.51. The van der Waals surface area contributed by atoms with Crippen LogP contribution in [0.3, 0.4) is 0 Å². The van der Waals surface area contributed by atoms with Crippen molar-refractivity contribution in [2.75, 3.05) is 7.11 Å². The van der Waals surface area contributed by atoms with E-state index < -0.39 is 5.92 Å². The monoisotopic (exact) mass is 318 g/mol. The molecule has 0 N–H and O–H groups in total. The van der Waals surface area contributed by atoms with E-state index in [0.29, 0.717) is 11.5 Å². The van der Waals surface area contributed by atoms with Crippen LogP contribution in [0.5, 0.6) is 11.5 Å². The van der Waals surface area contributed by atoms with E-state index in [-0.39, 0.29) is 5.97 Å². The summed E-state index contributed by atoms with van der Waals surface area (Å²) in [7, 11) is 1.60. The van der Waals surface area contributed by atoms with Gasteiger partial charge in [0.15, 0.2) is 0 Å². The van der Waals surface area contributed by atoms with Crippen LogP contribution in [0.15, 0.2) is 46.9 Å². The van der Waals surface area contributed by atoms with Crippen molar-refractivity contribution >= 4 is 21.9 Å². The minimum Gasteiger partial charge on any atom is -0.496 e. The van der Waals surface area contributed by atoms with Crippen molar-refractivity contribution in [3.63, 3.8) is 0 Å². The summed E-state index contributed by atoms with van der Waals surface area (Å²) < 4.78 is 11.5. The molecule has 0 fully saturated rings. The lowest BCUT2D eigenvalue weighted by atomic mass is 9.92. The second kappa shape index (κ2) is 4.70. The number of hydrogen-bond acceptors (Lipinski definition) is 3. The molecule has 96 valence electrons. The van der Waals surface area contributed by atoms with Crippen molar-refractivity contribution in [2.24, 2.45) is 0 Å². The third kappa shape index (κ3) is 1.92. The zero-order valence-electron chi connectivity index (χ0n) is 10.2. The highest BCUT2D eigenvalue weighted by Crippen LogP contribution is 2.45. The molecule has 0 saturated carbocycles. The van der Waals surface area contributed by atoms with Gasteiger partial charge < -0.3 is 9.47 Å². The molecule has 0 bridgehead atoms. The van der Waals surface area contributed by atoms with Crippen LogP contribution in [-0.2, 0) is 4.79 Å². The number of halogens is 1. The number of benzene rings is 2. The number of para-hydroxylation sites is 2. The normalized spacial score (nSPS) is 16.9. The Morgan fingerprint density at radius 3 is 2.63 bits per heavy atom. The topological polar surface area (TPSA) is 35.5 Å². The summed E-state index contributed by atoms with van der Waals surface area (Å²) in [6.07, 6.45) is 0. The van der Waals surface area contributed by atoms with Crippen molar-refractivity contribution in [1.82, 2.24) is 0 Å². The summed E-state index contributed by atoms with van der Waals surface area (Å²) >= 11 is 3.40. The summed E-state index contributed by atoms with van der Waals surface area (Å²) in [5, 5.41) is 0. The summed E-state index contributed by atoms with van der Waals surface area (Å²) in [6.45, 7) is 0. The molecule has 0 spiro atoms. The van der Waals surface area contributed by atoms with E-state index in [1.165, 1.54) is 0 Å². The fourth-order valence-electron chi connectivity index (χ4n) is 2.35. The minimum absolute atomic E-state index is 0.272. The molecule has 1 aliphatic rings. The van der Waals surface area contributed by atoms with E-state index in [9.17, 15) is 4.79 Å². The summed E-state index contributed by atoms with van der Waals surface area (Å²) in [5.41, 5.74) is 1.69. The van der Waals surface area contributed by atoms with Crippen molar-refractivity contribution in [3.05, 3.63) is 58.1 Å². The van der Waals surface area contributed by atoms with E-state index in [2.05, 4.69) is 15.9 Å². The van der Waals surface area contributed by atoms with Crippen molar-refractivity contribution in [3.8, 4) is 11.5 Å². The third-order valence-electron chi connectivity index (χ3n) is 3.20. The largest absolute Gasteiger partial charge is 0.496 e. The quantitative estimate of drug-likeness (QED) is 0.628. The maximum Gasteiger partial charge on any atom is 0.323 e. The van der Waals surface area contributed by atoms with Gasteiger partial charge in [-0.3, -0.25) is 4.79 Å². The van der Waals surface area contributed by atoms with Crippen LogP contribution < -0.4 is 9.47 Å². The Kier molecular flexibility index (Phi) is 3.03. The average Bonchev–Trinajstić information content (AvgIpc) is 2.76. The van der Waals surface area contributed by atoms with Gasteiger partial charge in [0.2, 0.25) is 0 Å². The maximum atomic E-state index is 12.2. The fraction of sp³-hybridized carbons (Fsp3) is 0.133. The second-order valence-corrected chi connectivity index (χ2v) is 5.11. The zero-order valence-corrected chi connectivity index (χ0v) is 11.8. The Hall–Kier alpha value is -1.81. The lowest BCUT2D eigenvalue weighted by molar-refractivity contribution is -0.133. The van der Waals surface area contributed by atoms with Gasteiger partial charge in [-0.15, -0.1) is 0 Å². The van der Waals surface area contributed by atoms with Crippen LogP contribution in [0.2, 0.25) is 0 Å². The number of fused-ring (bicyclic) bond motifs is 1. The molecule has 19 heavy (non-hydrogen) atoms. The number of carbonyl (C=O) groups is 1. The molecule has 1 heterocycles. The summed E-state index contributed by atoms with van der Waals surface area (Å²) in [5.74, 6) is 0.593. The van der Waals surface area contributed by atoms with Crippen LogP contribution in [0, 0.1) is 0 Å². The van der Waals surface area contributed by atoms with Crippen molar-refractivity contribution < 1.29 is 14.3 Å². The number of methoxy groups -OCH3 is 1. The first kappa shape index (κ1) is 12.2. The molecule has 0 amide bonds. The van der Waals surface area contributed by atoms with Crippen LogP contribution in [0.1, 0.15) is 17.0 Å². The van der Waals surface area contributed by atoms with E-state index in [1.807, 2.05) is 42.5 Å². The molecule has 0 saturated heterocycles. The van der Waals surface area contributed by atoms with Crippen molar-refractivity contribution in [1.29, 1.82) is 0 Å². The number of esters is 1. The molecule has 4 heteroatoms. The van der Waals surface area contributed by atoms with E-state index in [4.69, 9.17) is 9.47 Å². The van der Waals surface area contributed by atoms with Gasteiger partial charge in [-0.05, 0) is 28.1 Å². The Labute approximate surface area is 119 Å². The van der Waals surface area contributed by atoms with E-state index >= 15 is 0 Å². The SMILES string of the molecule is COc1ccccc1C1C(=O)Oc2c(Br)cccc21. The fourth-order valence-corrected chi connectivity index (χ4v) is 2.81. The first-order chi connectivity index (χ1) is 9.22. The highest BCUT2D eigenvalue weighted by Gasteiger charge is 2.37. The number of rotatable bonds is 2. The summed E-state index contributed by atoms with van der Waals surface area (Å²) in [6, 6.07) is 13.2. The van der Waals surface area contributed by atoms with Crippen molar-refractivity contribution in [2.45, 2.75) is 5.92 Å². The Morgan fingerprint density at radius 1 is 1.11 bits per heavy atom. The average molecular weight is 319 g/mol. The molecule has 1 unspecified atom stereocenters. The van der Waals surface area contributed by atoms with Gasteiger partial charge in [0.05, 0.1) is 11.6 Å². The Bertz CT molecular complexity index is 652. The molecule has 3 nitrogen and oxygen atoms in total. The standard InChI is InChI=1S/C15H11BrO3/c1-18-12-8-3-2-5-9(12)13-10-6-4-7-11(16)14(10)19-15(13)17/h2-8,13H,1H3. The number of ether oxygens (including phenoxy) is 2. The van der Waals surface area contributed by atoms with E-state index in [1.54, 1.807) is 7.11 Å². The molecular weight excluding hydrogens is 308 g/mol. The first-order valence-electron chi connectivity index (χ1n) is 5.85. The molecule has 0 aliphatic carbocycles. The van der Waals surface area contributed by atoms with Gasteiger partial charge >= 0.3 is 5.97 Å². The molecule has 2 aromatic rings. The van der Waals surface area contributed by atoms with E-state index in [0.717, 1.165) is 15.6 Å². The Balaban J connectivity index is 2.17. The van der Waals surface area contributed by atoms with Crippen LogP contribution in [0.4, 0.5) is 0 Å². The molecule has 0 aromatic heterocycles. The molecule has 2 aromatic carbocycles. The zero-order chi connectivity index (χ0) is 13.4. The van der Waals surface area contributed by atoms with Crippen LogP contribution in [0.25, 0.3) is 0 Å². The number of hydrogen-bond donors (Lipinski definition) is 0. The minimum atomic E-state index is -0.427. The summed E-state index contributed by atoms with van der Waals surface area (Å²) in [4.78, 5) is 12.2. The van der Waals surface area contributed by atoms with Crippen LogP contribution in [-0.4, -0.2) is 13.1 Å². The van der Waals surface area contributed by atoms with Gasteiger partial charge in [0.25, 0.3) is 0 Å². The number of carbonyl (C=O) groups excluding carboxylic acids is 1. The smallest absolute Gasteiger partial charge is 0.323 e. The second-order valence-electron chi connectivity index (χ2n) is 4.25. The predicted molar refractivity (Wildman–Crippen MR) is 74.6 cm³/mol. The van der Waals surface area contributed by atoms with Gasteiger partial charge in [-0.2, -0.15) is 0 Å². The lowest BCUT2D eigenvalue weighted by Crippen LogP contribution is -2.12. The van der Waals surface area contributed by atoms with Gasteiger partial charge in [0, 0.05) is 11.1 Å². The Morgan fingerprint density at radius 2 is 1.84 bits per heavy atom.